The van der Waals surface area contributed by atoms with Crippen LogP contribution in [-0.4, -0.2) is 30.0 Å². The van der Waals surface area contributed by atoms with Crippen molar-refractivity contribution in [3.05, 3.63) is 11.3 Å². The lowest BCUT2D eigenvalue weighted by Gasteiger charge is -2.06. The summed E-state index contributed by atoms with van der Waals surface area (Å²) >= 11 is 0. The van der Waals surface area contributed by atoms with Crippen LogP contribution in [0, 0.1) is 0 Å². The molecule has 1 heterocycles. The zero-order chi connectivity index (χ0) is 10.1. The van der Waals surface area contributed by atoms with Gasteiger partial charge in [-0.25, -0.2) is 0 Å². The van der Waals surface area contributed by atoms with E-state index in [0.717, 1.165) is 5.56 Å². The fourth-order valence-electron chi connectivity index (χ4n) is 1.52. The molecule has 0 aliphatic heterocycles. The van der Waals surface area contributed by atoms with E-state index in [-0.39, 0.29) is 11.8 Å². The second-order valence-corrected chi connectivity index (χ2v) is 2.97. The molecule has 1 aliphatic rings. The van der Waals surface area contributed by atoms with Crippen molar-refractivity contribution in [3.63, 3.8) is 0 Å². The predicted octanol–water partition coefficient (Wildman–Crippen LogP) is 0.623. The van der Waals surface area contributed by atoms with Crippen LogP contribution in [-0.2, 0) is 6.42 Å². The smallest absolute Gasteiger partial charge is 0.320 e. The lowest BCUT2D eigenvalue weighted by Crippen LogP contribution is -2.03. The summed E-state index contributed by atoms with van der Waals surface area (Å²) in [5, 5.41) is 0. The number of hydrogen-bond donors (Lipinski definition) is 0. The van der Waals surface area contributed by atoms with Crippen molar-refractivity contribution < 1.29 is 14.3 Å². The number of hydrogen-bond acceptors (Lipinski definition) is 5. The Bertz CT molecular complexity index is 390. The van der Waals surface area contributed by atoms with E-state index in [2.05, 4.69) is 9.97 Å². The molecule has 1 aliphatic carbocycles. The molecule has 0 amide bonds. The van der Waals surface area contributed by atoms with Crippen LogP contribution in [0.5, 0.6) is 11.9 Å². The highest BCUT2D eigenvalue weighted by atomic mass is 16.5. The van der Waals surface area contributed by atoms with Gasteiger partial charge in [-0.1, -0.05) is 0 Å². The van der Waals surface area contributed by atoms with Crippen LogP contribution in [0.2, 0.25) is 0 Å². The molecule has 0 spiro atoms. The molecule has 0 N–H and O–H groups in total. The van der Waals surface area contributed by atoms with E-state index in [9.17, 15) is 4.79 Å². The molecule has 0 bridgehead atoms. The molecule has 0 saturated carbocycles. The fraction of sp³-hybridized carbons (Fsp3) is 0.444. The molecular weight excluding hydrogens is 184 g/mol. The third kappa shape index (κ3) is 1.21. The van der Waals surface area contributed by atoms with Crippen LogP contribution in [0.1, 0.15) is 22.5 Å². The molecule has 0 atom stereocenters. The first-order chi connectivity index (χ1) is 6.76. The Kier molecular flexibility index (Phi) is 2.07. The van der Waals surface area contributed by atoms with Crippen molar-refractivity contribution in [3.8, 4) is 11.9 Å². The van der Waals surface area contributed by atoms with Crippen LogP contribution >= 0.6 is 0 Å². The quantitative estimate of drug-likeness (QED) is 0.690. The zero-order valence-corrected chi connectivity index (χ0v) is 8.03. The molecule has 0 radical (unpaired) electrons. The third-order valence-corrected chi connectivity index (χ3v) is 2.19. The van der Waals surface area contributed by atoms with Gasteiger partial charge in [0.25, 0.3) is 0 Å². The van der Waals surface area contributed by atoms with Gasteiger partial charge >= 0.3 is 6.01 Å². The monoisotopic (exact) mass is 194 g/mol. The van der Waals surface area contributed by atoms with E-state index in [4.69, 9.17) is 9.47 Å². The summed E-state index contributed by atoms with van der Waals surface area (Å²) < 4.78 is 9.94. The van der Waals surface area contributed by atoms with Gasteiger partial charge in [0, 0.05) is 12.0 Å². The Labute approximate surface area is 81.1 Å². The number of carbonyl (C=O) groups is 1. The fourth-order valence-corrected chi connectivity index (χ4v) is 1.52. The molecule has 1 aromatic rings. The van der Waals surface area contributed by atoms with E-state index in [1.54, 1.807) is 0 Å². The standard InChI is InChI=1S/C9H10N2O3/c1-13-8-5-3-4-6(12)7(5)10-9(11-8)14-2/h3-4H2,1-2H3. The molecule has 5 nitrogen and oxygen atoms in total. The van der Waals surface area contributed by atoms with E-state index >= 15 is 0 Å². The van der Waals surface area contributed by atoms with Gasteiger partial charge < -0.3 is 9.47 Å². The summed E-state index contributed by atoms with van der Waals surface area (Å²) in [7, 11) is 2.98. The highest BCUT2D eigenvalue weighted by Crippen LogP contribution is 2.29. The molecule has 2 rings (SSSR count). The minimum Gasteiger partial charge on any atom is -0.481 e. The summed E-state index contributed by atoms with van der Waals surface area (Å²) in [6.45, 7) is 0. The van der Waals surface area contributed by atoms with Crippen LogP contribution in [0.4, 0.5) is 0 Å². The average Bonchev–Trinajstić information content (AvgIpc) is 2.59. The largest absolute Gasteiger partial charge is 0.481 e. The molecule has 0 aromatic carbocycles. The summed E-state index contributed by atoms with van der Waals surface area (Å²) in [6, 6.07) is 0.177. The number of carbonyl (C=O) groups excluding carboxylic acids is 1. The maximum absolute atomic E-state index is 11.4. The second kappa shape index (κ2) is 3.25. The number of ketones is 1. The van der Waals surface area contributed by atoms with E-state index in [1.165, 1.54) is 14.2 Å². The third-order valence-electron chi connectivity index (χ3n) is 2.19. The summed E-state index contributed by atoms with van der Waals surface area (Å²) in [6.07, 6.45) is 1.13. The van der Waals surface area contributed by atoms with Crippen molar-refractivity contribution >= 4 is 5.78 Å². The van der Waals surface area contributed by atoms with Gasteiger partial charge in [0.2, 0.25) is 5.88 Å². The van der Waals surface area contributed by atoms with Crippen molar-refractivity contribution in [2.75, 3.05) is 14.2 Å². The van der Waals surface area contributed by atoms with Gasteiger partial charge in [0.1, 0.15) is 5.69 Å². The number of aromatic nitrogens is 2. The Morgan fingerprint density at radius 3 is 2.57 bits per heavy atom. The Hall–Kier alpha value is -1.65. The number of ether oxygens (including phenoxy) is 2. The summed E-state index contributed by atoms with van der Waals surface area (Å²) in [5.41, 5.74) is 1.23. The first-order valence-corrected chi connectivity index (χ1v) is 4.28. The van der Waals surface area contributed by atoms with Crippen molar-refractivity contribution in [2.45, 2.75) is 12.8 Å². The van der Waals surface area contributed by atoms with Gasteiger partial charge in [0.05, 0.1) is 14.2 Å². The van der Waals surface area contributed by atoms with Gasteiger partial charge in [-0.2, -0.15) is 9.97 Å². The molecule has 5 heteroatoms. The maximum atomic E-state index is 11.4. The van der Waals surface area contributed by atoms with Crippen molar-refractivity contribution in [2.24, 2.45) is 0 Å². The highest BCUT2D eigenvalue weighted by Gasteiger charge is 2.26. The van der Waals surface area contributed by atoms with Crippen LogP contribution < -0.4 is 9.47 Å². The second-order valence-electron chi connectivity index (χ2n) is 2.97. The van der Waals surface area contributed by atoms with Crippen LogP contribution in [0.3, 0.4) is 0 Å². The average molecular weight is 194 g/mol. The number of methoxy groups -OCH3 is 2. The lowest BCUT2D eigenvalue weighted by molar-refractivity contribution is 0.0989. The Morgan fingerprint density at radius 1 is 1.14 bits per heavy atom. The molecule has 74 valence electrons. The highest BCUT2D eigenvalue weighted by molar-refractivity contribution is 5.99. The number of fused-ring (bicyclic) bond motifs is 1. The molecular formula is C9H10N2O3. The van der Waals surface area contributed by atoms with Gasteiger partial charge in [-0.3, -0.25) is 4.79 Å². The summed E-state index contributed by atoms with van der Waals surface area (Å²) in [5.74, 6) is 0.469. The SMILES string of the molecule is COc1nc(OC)c2c(n1)C(=O)CC2. The molecule has 0 fully saturated rings. The Balaban J connectivity index is 2.58. The van der Waals surface area contributed by atoms with Gasteiger partial charge in [0.15, 0.2) is 5.78 Å². The first kappa shape index (κ1) is 8.93. The van der Waals surface area contributed by atoms with E-state index in [0.29, 0.717) is 24.4 Å². The van der Waals surface area contributed by atoms with Gasteiger partial charge in [-0.15, -0.1) is 0 Å². The van der Waals surface area contributed by atoms with E-state index in [1.807, 2.05) is 0 Å². The normalized spacial score (nSPS) is 14.0. The van der Waals surface area contributed by atoms with Gasteiger partial charge in [-0.05, 0) is 6.42 Å². The maximum Gasteiger partial charge on any atom is 0.320 e. The minimum absolute atomic E-state index is 0.0269. The van der Waals surface area contributed by atoms with Crippen LogP contribution in [0.15, 0.2) is 0 Å². The van der Waals surface area contributed by atoms with Crippen molar-refractivity contribution in [1.29, 1.82) is 0 Å². The molecule has 14 heavy (non-hydrogen) atoms. The number of nitrogens with zero attached hydrogens (tertiary/aromatic N) is 2. The minimum atomic E-state index is 0.0269. The summed E-state index contributed by atoms with van der Waals surface area (Å²) in [4.78, 5) is 19.4. The topological polar surface area (TPSA) is 61.3 Å². The predicted molar refractivity (Wildman–Crippen MR) is 47.8 cm³/mol. The number of Topliss-reactive ketones (excluding diaryl/α,β-unsaturated/α-hetero) is 1. The molecule has 0 unspecified atom stereocenters. The Morgan fingerprint density at radius 2 is 1.93 bits per heavy atom. The molecule has 0 saturated heterocycles. The zero-order valence-electron chi connectivity index (χ0n) is 8.03. The first-order valence-electron chi connectivity index (χ1n) is 4.28. The lowest BCUT2D eigenvalue weighted by atomic mass is 10.2. The van der Waals surface area contributed by atoms with Crippen molar-refractivity contribution in [1.82, 2.24) is 9.97 Å². The number of rotatable bonds is 2. The van der Waals surface area contributed by atoms with Crippen LogP contribution in [0.25, 0.3) is 0 Å². The molecule has 1 aromatic heterocycles. The van der Waals surface area contributed by atoms with E-state index < -0.39 is 0 Å².